The Labute approximate surface area is 139 Å². The van der Waals surface area contributed by atoms with Gasteiger partial charge in [0, 0.05) is 18.9 Å². The zero-order valence-corrected chi connectivity index (χ0v) is 13.3. The van der Waals surface area contributed by atoms with E-state index in [9.17, 15) is 13.2 Å². The van der Waals surface area contributed by atoms with Crippen molar-refractivity contribution < 1.29 is 13.2 Å². The van der Waals surface area contributed by atoms with Crippen LogP contribution in [0.1, 0.15) is 24.5 Å². The van der Waals surface area contributed by atoms with Crippen molar-refractivity contribution in [1.82, 2.24) is 10.2 Å². The number of nitrogens with one attached hydrogen (secondary N) is 1. The first-order valence-electron chi connectivity index (χ1n) is 7.93. The lowest BCUT2D eigenvalue weighted by Crippen LogP contribution is -2.34. The Kier molecular flexibility index (Phi) is 4.51. The van der Waals surface area contributed by atoms with Gasteiger partial charge in [-0.15, -0.1) is 0 Å². The van der Waals surface area contributed by atoms with Gasteiger partial charge in [0.1, 0.15) is 0 Å². The summed E-state index contributed by atoms with van der Waals surface area (Å²) in [5, 5.41) is 3.20. The SMILES string of the molecule is CCC1NC=CN1Cc1cc(C(F)(F)F)ccc1-c1ccccc1. The van der Waals surface area contributed by atoms with Gasteiger partial charge in [0.05, 0.1) is 11.7 Å². The highest BCUT2D eigenvalue weighted by Crippen LogP contribution is 2.34. The third kappa shape index (κ3) is 3.40. The van der Waals surface area contributed by atoms with Gasteiger partial charge in [-0.3, -0.25) is 0 Å². The van der Waals surface area contributed by atoms with Crippen LogP contribution in [0.2, 0.25) is 0 Å². The molecule has 1 atom stereocenters. The predicted molar refractivity (Wildman–Crippen MR) is 88.8 cm³/mol. The summed E-state index contributed by atoms with van der Waals surface area (Å²) >= 11 is 0. The van der Waals surface area contributed by atoms with Gasteiger partial charge >= 0.3 is 6.18 Å². The Morgan fingerprint density at radius 2 is 1.83 bits per heavy atom. The van der Waals surface area contributed by atoms with Crippen molar-refractivity contribution in [1.29, 1.82) is 0 Å². The summed E-state index contributed by atoms with van der Waals surface area (Å²) in [7, 11) is 0. The zero-order valence-electron chi connectivity index (χ0n) is 13.3. The predicted octanol–water partition coefficient (Wildman–Crippen LogP) is 4.98. The van der Waals surface area contributed by atoms with Gasteiger partial charge in [-0.1, -0.05) is 43.3 Å². The first-order valence-corrected chi connectivity index (χ1v) is 7.93. The second-order valence-electron chi connectivity index (χ2n) is 5.81. The van der Waals surface area contributed by atoms with Crippen molar-refractivity contribution in [2.75, 3.05) is 0 Å². The van der Waals surface area contributed by atoms with Crippen molar-refractivity contribution in [2.24, 2.45) is 0 Å². The third-order valence-corrected chi connectivity index (χ3v) is 4.21. The maximum atomic E-state index is 13.1. The summed E-state index contributed by atoms with van der Waals surface area (Å²) in [6.45, 7) is 2.47. The maximum Gasteiger partial charge on any atom is 0.416 e. The fourth-order valence-electron chi connectivity index (χ4n) is 2.96. The molecule has 0 aliphatic carbocycles. The largest absolute Gasteiger partial charge is 0.416 e. The molecule has 3 rings (SSSR count). The molecule has 0 saturated heterocycles. The summed E-state index contributed by atoms with van der Waals surface area (Å²) < 4.78 is 39.4. The Morgan fingerprint density at radius 1 is 1.08 bits per heavy atom. The van der Waals surface area contributed by atoms with Gasteiger partial charge in [-0.25, -0.2) is 0 Å². The number of rotatable bonds is 4. The van der Waals surface area contributed by atoms with E-state index in [1.807, 2.05) is 54.6 Å². The van der Waals surface area contributed by atoms with E-state index in [-0.39, 0.29) is 6.17 Å². The van der Waals surface area contributed by atoms with Crippen molar-refractivity contribution in [3.8, 4) is 11.1 Å². The number of nitrogens with zero attached hydrogens (tertiary/aromatic N) is 1. The van der Waals surface area contributed by atoms with E-state index in [2.05, 4.69) is 5.32 Å². The summed E-state index contributed by atoms with van der Waals surface area (Å²) in [5.74, 6) is 0. The lowest BCUT2D eigenvalue weighted by atomic mass is 9.97. The topological polar surface area (TPSA) is 15.3 Å². The number of hydrogen-bond donors (Lipinski definition) is 1. The van der Waals surface area contributed by atoms with Crippen LogP contribution < -0.4 is 5.32 Å². The highest BCUT2D eigenvalue weighted by Gasteiger charge is 2.31. The molecular formula is C19H19F3N2. The number of alkyl halides is 3. The van der Waals surface area contributed by atoms with E-state index >= 15 is 0 Å². The maximum absolute atomic E-state index is 13.1. The van der Waals surface area contributed by atoms with E-state index in [1.54, 1.807) is 6.07 Å². The van der Waals surface area contributed by atoms with Gasteiger partial charge in [0.25, 0.3) is 0 Å². The number of hydrogen-bond acceptors (Lipinski definition) is 2. The van der Waals surface area contributed by atoms with Gasteiger partial charge in [-0.2, -0.15) is 13.2 Å². The van der Waals surface area contributed by atoms with Crippen LogP contribution in [0.15, 0.2) is 60.9 Å². The highest BCUT2D eigenvalue weighted by molar-refractivity contribution is 5.68. The Morgan fingerprint density at radius 3 is 2.50 bits per heavy atom. The molecule has 1 heterocycles. The molecule has 1 aliphatic heterocycles. The van der Waals surface area contributed by atoms with Crippen LogP contribution in [0.4, 0.5) is 13.2 Å². The second kappa shape index (κ2) is 6.59. The normalized spacial score (nSPS) is 17.2. The van der Waals surface area contributed by atoms with Gasteiger partial charge in [0.15, 0.2) is 0 Å². The fourth-order valence-corrected chi connectivity index (χ4v) is 2.96. The lowest BCUT2D eigenvalue weighted by Gasteiger charge is -2.26. The van der Waals surface area contributed by atoms with Crippen LogP contribution in [0.3, 0.4) is 0 Å². The first-order chi connectivity index (χ1) is 11.5. The average molecular weight is 332 g/mol. The molecule has 2 nitrogen and oxygen atoms in total. The van der Waals surface area contributed by atoms with Crippen LogP contribution in [0.25, 0.3) is 11.1 Å². The van der Waals surface area contributed by atoms with Crippen molar-refractivity contribution >= 4 is 0 Å². The first kappa shape index (κ1) is 16.4. The minimum Gasteiger partial charge on any atom is -0.370 e. The molecule has 0 amide bonds. The molecule has 0 aromatic heterocycles. The second-order valence-corrected chi connectivity index (χ2v) is 5.81. The molecule has 24 heavy (non-hydrogen) atoms. The molecule has 5 heteroatoms. The molecule has 126 valence electrons. The standard InChI is InChI=1S/C19H19F3N2/c1-2-18-23-10-11-24(18)13-15-12-16(19(20,21)22)8-9-17(15)14-6-4-3-5-7-14/h3-12,18,23H,2,13H2,1H3. The van der Waals surface area contributed by atoms with E-state index in [0.29, 0.717) is 12.1 Å². The molecule has 2 aromatic carbocycles. The Balaban J connectivity index is 2.01. The highest BCUT2D eigenvalue weighted by atomic mass is 19.4. The van der Waals surface area contributed by atoms with Crippen LogP contribution in [0.5, 0.6) is 0 Å². The van der Waals surface area contributed by atoms with Gasteiger partial charge < -0.3 is 10.2 Å². The molecular weight excluding hydrogens is 313 g/mol. The Hall–Kier alpha value is -2.43. The van der Waals surface area contributed by atoms with Crippen LogP contribution in [-0.4, -0.2) is 11.1 Å². The lowest BCUT2D eigenvalue weighted by molar-refractivity contribution is -0.137. The van der Waals surface area contributed by atoms with Crippen LogP contribution in [-0.2, 0) is 12.7 Å². The molecule has 0 fully saturated rings. The smallest absolute Gasteiger partial charge is 0.370 e. The molecule has 0 bridgehead atoms. The molecule has 1 aliphatic rings. The summed E-state index contributed by atoms with van der Waals surface area (Å²) in [6, 6.07) is 13.5. The molecule has 0 saturated carbocycles. The van der Waals surface area contributed by atoms with Gasteiger partial charge in [0.2, 0.25) is 0 Å². The summed E-state index contributed by atoms with van der Waals surface area (Å²) in [6.07, 6.45) is 0.371. The number of halogens is 3. The summed E-state index contributed by atoms with van der Waals surface area (Å²) in [5.41, 5.74) is 1.81. The molecule has 0 radical (unpaired) electrons. The molecule has 1 N–H and O–H groups in total. The van der Waals surface area contributed by atoms with Crippen molar-refractivity contribution in [3.63, 3.8) is 0 Å². The average Bonchev–Trinajstić information content (AvgIpc) is 3.02. The summed E-state index contributed by atoms with van der Waals surface area (Å²) in [4.78, 5) is 2.03. The van der Waals surface area contributed by atoms with Crippen molar-refractivity contribution in [2.45, 2.75) is 32.2 Å². The van der Waals surface area contributed by atoms with E-state index in [0.717, 1.165) is 23.6 Å². The fraction of sp³-hybridized carbons (Fsp3) is 0.263. The zero-order chi connectivity index (χ0) is 17.2. The van der Waals surface area contributed by atoms with E-state index < -0.39 is 11.7 Å². The minimum absolute atomic E-state index is 0.114. The van der Waals surface area contributed by atoms with Crippen LogP contribution >= 0.6 is 0 Å². The van der Waals surface area contributed by atoms with E-state index in [1.165, 1.54) is 6.07 Å². The monoisotopic (exact) mass is 332 g/mol. The molecule has 1 unspecified atom stereocenters. The Bertz CT molecular complexity index is 723. The minimum atomic E-state index is -4.34. The third-order valence-electron chi connectivity index (χ3n) is 4.21. The van der Waals surface area contributed by atoms with Crippen LogP contribution in [0, 0.1) is 0 Å². The van der Waals surface area contributed by atoms with Crippen molar-refractivity contribution in [3.05, 3.63) is 72.1 Å². The van der Waals surface area contributed by atoms with E-state index in [4.69, 9.17) is 0 Å². The molecule has 2 aromatic rings. The van der Waals surface area contributed by atoms with Gasteiger partial charge in [-0.05, 0) is 35.2 Å². The number of benzene rings is 2. The quantitative estimate of drug-likeness (QED) is 0.849. The molecule has 0 spiro atoms.